The van der Waals surface area contributed by atoms with E-state index >= 15 is 0 Å². The Balaban J connectivity index is 1.69. The highest BCUT2D eigenvalue weighted by atomic mass is 35.5. The van der Waals surface area contributed by atoms with Crippen LogP contribution < -0.4 is 0 Å². The van der Waals surface area contributed by atoms with Gasteiger partial charge in [0.25, 0.3) is 5.91 Å². The third-order valence-corrected chi connectivity index (χ3v) is 8.36. The van der Waals surface area contributed by atoms with E-state index in [1.165, 1.54) is 16.4 Å². The van der Waals surface area contributed by atoms with Gasteiger partial charge in [-0.15, -0.1) is 0 Å². The first-order valence-electron chi connectivity index (χ1n) is 10.5. The van der Waals surface area contributed by atoms with Crippen molar-refractivity contribution in [3.63, 3.8) is 0 Å². The first kappa shape index (κ1) is 23.7. The second kappa shape index (κ2) is 9.69. The van der Waals surface area contributed by atoms with Crippen LogP contribution in [0, 0.1) is 0 Å². The number of carbonyl (C=O) groups is 1. The van der Waals surface area contributed by atoms with Crippen LogP contribution in [0.4, 0.5) is 0 Å². The van der Waals surface area contributed by atoms with Gasteiger partial charge in [0.15, 0.2) is 0 Å². The molecule has 0 bridgehead atoms. The normalized spacial score (nSPS) is 16.7. The van der Waals surface area contributed by atoms with E-state index < -0.39 is 10.0 Å². The number of piperazine rings is 1. The van der Waals surface area contributed by atoms with Gasteiger partial charge in [-0.2, -0.15) is 4.31 Å². The summed E-state index contributed by atoms with van der Waals surface area (Å²) in [4.78, 5) is 17.3. The van der Waals surface area contributed by atoms with Crippen molar-refractivity contribution in [2.24, 2.45) is 0 Å². The molecule has 31 heavy (non-hydrogen) atoms. The molecule has 0 aliphatic carbocycles. The van der Waals surface area contributed by atoms with Gasteiger partial charge in [-0.05, 0) is 50.6 Å². The third kappa shape index (κ3) is 5.12. The molecule has 168 valence electrons. The monoisotopic (exact) mass is 463 g/mol. The second-order valence-electron chi connectivity index (χ2n) is 8.17. The van der Waals surface area contributed by atoms with Gasteiger partial charge in [-0.3, -0.25) is 9.69 Å². The Morgan fingerprint density at radius 1 is 1.00 bits per heavy atom. The van der Waals surface area contributed by atoms with Crippen molar-refractivity contribution in [1.29, 1.82) is 0 Å². The van der Waals surface area contributed by atoms with Crippen LogP contribution in [-0.2, 0) is 10.0 Å². The molecule has 0 radical (unpaired) electrons. The van der Waals surface area contributed by atoms with E-state index in [0.29, 0.717) is 18.7 Å². The average molecular weight is 464 g/mol. The Bertz CT molecular complexity index is 1030. The van der Waals surface area contributed by atoms with Gasteiger partial charge in [0.2, 0.25) is 10.0 Å². The summed E-state index contributed by atoms with van der Waals surface area (Å²) in [6, 6.07) is 14.1. The number of hydrogen-bond donors (Lipinski definition) is 0. The van der Waals surface area contributed by atoms with Crippen LogP contribution in [-0.4, -0.2) is 67.7 Å². The Morgan fingerprint density at radius 2 is 1.65 bits per heavy atom. The number of hydrogen-bond acceptors (Lipinski definition) is 4. The maximum absolute atomic E-state index is 13.1. The molecule has 0 N–H and O–H groups in total. The standard InChI is InChI=1S/C23H30ClN3O3S/c1-17(2)25(4)31(29,30)20-9-7-8-19(16-20)23(28)27-14-12-26(13-15-27)18(3)21-10-5-6-11-22(21)24/h5-11,16-18H,12-15H2,1-4H3. The van der Waals surface area contributed by atoms with Crippen LogP contribution >= 0.6 is 11.6 Å². The maximum atomic E-state index is 13.1. The Hall–Kier alpha value is -1.93. The summed E-state index contributed by atoms with van der Waals surface area (Å²) in [5, 5.41) is 0.748. The van der Waals surface area contributed by atoms with Crippen LogP contribution in [0.25, 0.3) is 0 Å². The molecule has 2 aromatic rings. The quantitative estimate of drug-likeness (QED) is 0.652. The Kier molecular flexibility index (Phi) is 7.42. The zero-order chi connectivity index (χ0) is 22.8. The summed E-state index contributed by atoms with van der Waals surface area (Å²) in [6.45, 7) is 8.37. The zero-order valence-corrected chi connectivity index (χ0v) is 20.0. The fourth-order valence-electron chi connectivity index (χ4n) is 3.74. The highest BCUT2D eigenvalue weighted by Crippen LogP contribution is 2.28. The van der Waals surface area contributed by atoms with Crippen molar-refractivity contribution < 1.29 is 13.2 Å². The van der Waals surface area contributed by atoms with Crippen molar-refractivity contribution in [1.82, 2.24) is 14.1 Å². The van der Waals surface area contributed by atoms with Crippen LogP contribution in [0.15, 0.2) is 53.4 Å². The number of benzene rings is 2. The van der Waals surface area contributed by atoms with Crippen molar-refractivity contribution in [2.75, 3.05) is 33.2 Å². The molecule has 1 aliphatic heterocycles. The Morgan fingerprint density at radius 3 is 2.26 bits per heavy atom. The van der Waals surface area contributed by atoms with E-state index in [9.17, 15) is 13.2 Å². The summed E-state index contributed by atoms with van der Waals surface area (Å²) < 4.78 is 26.9. The topological polar surface area (TPSA) is 60.9 Å². The molecule has 3 rings (SSSR count). The van der Waals surface area contributed by atoms with Crippen LogP contribution in [0.3, 0.4) is 0 Å². The molecule has 1 atom stereocenters. The molecule has 1 fully saturated rings. The molecule has 0 spiro atoms. The fourth-order valence-corrected chi connectivity index (χ4v) is 5.45. The van der Waals surface area contributed by atoms with Crippen LogP contribution in [0.2, 0.25) is 5.02 Å². The smallest absolute Gasteiger partial charge is 0.253 e. The highest BCUT2D eigenvalue weighted by molar-refractivity contribution is 7.89. The highest BCUT2D eigenvalue weighted by Gasteiger charge is 2.28. The Labute approximate surface area is 190 Å². The van der Waals surface area contributed by atoms with Gasteiger partial charge in [-0.25, -0.2) is 8.42 Å². The van der Waals surface area contributed by atoms with Crippen molar-refractivity contribution in [3.8, 4) is 0 Å². The molecular formula is C23H30ClN3O3S. The predicted molar refractivity (Wildman–Crippen MR) is 124 cm³/mol. The van der Waals surface area contributed by atoms with Gasteiger partial charge in [0, 0.05) is 55.9 Å². The number of carbonyl (C=O) groups excluding carboxylic acids is 1. The summed E-state index contributed by atoms with van der Waals surface area (Å²) in [7, 11) is -2.09. The molecule has 2 aromatic carbocycles. The predicted octanol–water partition coefficient (Wildman–Crippen LogP) is 3.89. The van der Waals surface area contributed by atoms with E-state index in [0.717, 1.165) is 23.7 Å². The molecule has 1 aliphatic rings. The van der Waals surface area contributed by atoms with Crippen LogP contribution in [0.1, 0.15) is 42.7 Å². The van der Waals surface area contributed by atoms with Gasteiger partial charge in [0.1, 0.15) is 0 Å². The van der Waals surface area contributed by atoms with E-state index in [4.69, 9.17) is 11.6 Å². The fraction of sp³-hybridized carbons (Fsp3) is 0.435. The van der Waals surface area contributed by atoms with E-state index in [2.05, 4.69) is 11.8 Å². The number of rotatable bonds is 6. The number of sulfonamides is 1. The molecular weight excluding hydrogens is 434 g/mol. The molecule has 6 nitrogen and oxygen atoms in total. The number of nitrogens with zero attached hydrogens (tertiary/aromatic N) is 3. The van der Waals surface area contributed by atoms with Crippen LogP contribution in [0.5, 0.6) is 0 Å². The number of amides is 1. The lowest BCUT2D eigenvalue weighted by Gasteiger charge is -2.38. The lowest BCUT2D eigenvalue weighted by atomic mass is 10.1. The van der Waals surface area contributed by atoms with Crippen molar-refractivity contribution in [2.45, 2.75) is 37.8 Å². The third-order valence-electron chi connectivity index (χ3n) is 5.99. The molecule has 0 saturated carbocycles. The van der Waals surface area contributed by atoms with Gasteiger partial charge >= 0.3 is 0 Å². The summed E-state index contributed by atoms with van der Waals surface area (Å²) in [6.07, 6.45) is 0. The molecule has 0 aromatic heterocycles. The van der Waals surface area contributed by atoms with E-state index in [1.807, 2.05) is 38.1 Å². The van der Waals surface area contributed by atoms with Crippen molar-refractivity contribution in [3.05, 3.63) is 64.7 Å². The first-order valence-corrected chi connectivity index (χ1v) is 12.3. The molecule has 1 amide bonds. The summed E-state index contributed by atoms with van der Waals surface area (Å²) in [5.74, 6) is -0.144. The van der Waals surface area contributed by atoms with E-state index in [1.54, 1.807) is 24.1 Å². The van der Waals surface area contributed by atoms with E-state index in [-0.39, 0.29) is 22.9 Å². The molecule has 1 unspecified atom stereocenters. The molecule has 1 saturated heterocycles. The number of halogens is 1. The van der Waals surface area contributed by atoms with Gasteiger partial charge in [0.05, 0.1) is 4.90 Å². The van der Waals surface area contributed by atoms with Crippen molar-refractivity contribution >= 4 is 27.5 Å². The summed E-state index contributed by atoms with van der Waals surface area (Å²) >= 11 is 6.35. The van der Waals surface area contributed by atoms with Gasteiger partial charge < -0.3 is 4.90 Å². The second-order valence-corrected chi connectivity index (χ2v) is 10.6. The maximum Gasteiger partial charge on any atom is 0.253 e. The first-order chi connectivity index (χ1) is 14.6. The summed E-state index contributed by atoms with van der Waals surface area (Å²) in [5.41, 5.74) is 1.47. The minimum absolute atomic E-state index is 0.139. The lowest BCUT2D eigenvalue weighted by Crippen LogP contribution is -2.49. The zero-order valence-electron chi connectivity index (χ0n) is 18.5. The minimum atomic E-state index is -3.64. The molecule has 1 heterocycles. The SMILES string of the molecule is CC(c1ccccc1Cl)N1CCN(C(=O)c2cccc(S(=O)(=O)N(C)C(C)C)c2)CC1. The molecule has 8 heteroatoms. The van der Waals surface area contributed by atoms with Gasteiger partial charge in [-0.1, -0.05) is 35.9 Å². The minimum Gasteiger partial charge on any atom is -0.336 e. The average Bonchev–Trinajstić information content (AvgIpc) is 2.78. The lowest BCUT2D eigenvalue weighted by molar-refractivity contribution is 0.0582. The largest absolute Gasteiger partial charge is 0.336 e.